The Morgan fingerprint density at radius 2 is 1.45 bits per heavy atom. The predicted molar refractivity (Wildman–Crippen MR) is 174 cm³/mol. The van der Waals surface area contributed by atoms with Crippen LogP contribution in [0, 0.1) is 0 Å². The number of carboxylic acid groups (broad SMARTS) is 1. The summed E-state index contributed by atoms with van der Waals surface area (Å²) in [6.45, 7) is 28.5. The van der Waals surface area contributed by atoms with Gasteiger partial charge in [-0.15, -0.1) is 0 Å². The van der Waals surface area contributed by atoms with Crippen LogP contribution in [0.2, 0.25) is 0 Å². The van der Waals surface area contributed by atoms with Crippen LogP contribution >= 0.6 is 0 Å². The van der Waals surface area contributed by atoms with E-state index in [0.29, 0.717) is 25.1 Å². The first-order chi connectivity index (χ1) is 20.8. The van der Waals surface area contributed by atoms with Crippen LogP contribution in [0.25, 0.3) is 0 Å². The van der Waals surface area contributed by atoms with Crippen LogP contribution in [0.4, 0.5) is 4.39 Å². The first kappa shape index (κ1) is 41.1. The van der Waals surface area contributed by atoms with Crippen LogP contribution in [0.5, 0.6) is 0 Å². The van der Waals surface area contributed by atoms with Crippen LogP contribution in [0.3, 0.4) is 0 Å². The molecule has 8 nitrogen and oxygen atoms in total. The van der Waals surface area contributed by atoms with Gasteiger partial charge in [0, 0.05) is 24.3 Å². The molecule has 1 aliphatic heterocycles. The van der Waals surface area contributed by atoms with E-state index in [-0.39, 0.29) is 23.7 Å². The minimum absolute atomic E-state index is 0.00936. The zero-order valence-corrected chi connectivity index (χ0v) is 25.8. The van der Waals surface area contributed by atoms with Crippen molar-refractivity contribution < 1.29 is 38.1 Å². The number of allylic oxidation sites excluding steroid dienone is 10. The number of hydrogen-bond acceptors (Lipinski definition) is 6. The number of amides is 2. The van der Waals surface area contributed by atoms with E-state index in [2.05, 4.69) is 50.8 Å². The molecule has 0 atom stereocenters. The molecule has 0 aromatic heterocycles. The summed E-state index contributed by atoms with van der Waals surface area (Å²) in [6.07, 6.45) is 16.1. The van der Waals surface area contributed by atoms with Gasteiger partial charge in [0.1, 0.15) is 0 Å². The molecule has 2 amide bonds. The molecule has 0 spiro atoms. The van der Waals surface area contributed by atoms with E-state index in [1.54, 1.807) is 20.1 Å². The molecule has 0 saturated carbocycles. The molecular weight excluding hydrogens is 565 g/mol. The van der Waals surface area contributed by atoms with Gasteiger partial charge in [-0.2, -0.15) is 0 Å². The number of nitrogens with zero attached hydrogens (tertiary/aromatic N) is 1. The van der Waals surface area contributed by atoms with Crippen molar-refractivity contribution in [2.75, 3.05) is 13.7 Å². The van der Waals surface area contributed by atoms with Gasteiger partial charge in [-0.05, 0) is 62.3 Å². The Kier molecular flexibility index (Phi) is 22.9. The van der Waals surface area contributed by atoms with Gasteiger partial charge in [0.05, 0.1) is 31.4 Å². The summed E-state index contributed by atoms with van der Waals surface area (Å²) < 4.78 is 19.2. The third-order valence-corrected chi connectivity index (χ3v) is 5.76. The van der Waals surface area contributed by atoms with Gasteiger partial charge < -0.3 is 14.6 Å². The van der Waals surface area contributed by atoms with Gasteiger partial charge in [-0.1, -0.05) is 75.4 Å². The molecule has 0 saturated heterocycles. The Labute approximate surface area is 260 Å². The fourth-order valence-corrected chi connectivity index (χ4v) is 3.13. The highest BCUT2D eigenvalue weighted by Crippen LogP contribution is 2.23. The SMILES string of the molecule is C=C(CCC(=C)C(=C)CCC(=C)C(=C)/C=C\C(=C)C(=O)O)OC.C=CF.CCOC=O.O=C1C=CC(=O)N1C1=CC=CCC1. The van der Waals surface area contributed by atoms with Crippen molar-refractivity contribution in [1.82, 2.24) is 4.90 Å². The van der Waals surface area contributed by atoms with Crippen LogP contribution in [0.15, 0.2) is 134 Å². The third kappa shape index (κ3) is 18.4. The Morgan fingerprint density at radius 1 is 0.955 bits per heavy atom. The van der Waals surface area contributed by atoms with Crippen LogP contribution in [-0.2, 0) is 28.7 Å². The maximum absolute atomic E-state index is 11.2. The zero-order chi connectivity index (χ0) is 34.1. The molecule has 9 heteroatoms. The van der Waals surface area contributed by atoms with Crippen molar-refractivity contribution in [2.45, 2.75) is 45.4 Å². The summed E-state index contributed by atoms with van der Waals surface area (Å²) in [7, 11) is 1.60. The van der Waals surface area contributed by atoms with Crippen LogP contribution < -0.4 is 0 Å². The van der Waals surface area contributed by atoms with Gasteiger partial charge in [-0.3, -0.25) is 14.4 Å². The molecule has 0 radical (unpaired) electrons. The monoisotopic (exact) mass is 609 g/mol. The number of methoxy groups -OCH3 is 1. The number of imide groups is 1. The lowest BCUT2D eigenvalue weighted by molar-refractivity contribution is -0.135. The first-order valence-corrected chi connectivity index (χ1v) is 13.5. The summed E-state index contributed by atoms with van der Waals surface area (Å²) in [5.41, 5.74) is 4.24. The second kappa shape index (κ2) is 24.5. The van der Waals surface area contributed by atoms with Gasteiger partial charge in [0.2, 0.25) is 0 Å². The number of carbonyl (C=O) groups excluding carboxylic acids is 3. The Balaban J connectivity index is 0. The lowest BCUT2D eigenvalue weighted by Crippen LogP contribution is -2.29. The number of hydrogen-bond donors (Lipinski definition) is 1. The maximum atomic E-state index is 11.2. The van der Waals surface area contributed by atoms with Gasteiger partial charge >= 0.3 is 5.97 Å². The Bertz CT molecular complexity index is 1210. The Hall–Kier alpha value is -5.05. The minimum atomic E-state index is -1.05. The molecule has 2 rings (SSSR count). The number of carbonyl (C=O) groups is 4. The molecule has 0 aromatic rings. The van der Waals surface area contributed by atoms with Crippen molar-refractivity contribution in [3.63, 3.8) is 0 Å². The molecule has 0 bridgehead atoms. The summed E-state index contributed by atoms with van der Waals surface area (Å²) in [5, 5.41) is 8.74. The van der Waals surface area contributed by atoms with E-state index in [4.69, 9.17) is 9.84 Å². The second-order valence-electron chi connectivity index (χ2n) is 8.92. The third-order valence-electron chi connectivity index (χ3n) is 5.76. The van der Waals surface area contributed by atoms with Gasteiger partial charge in [0.15, 0.2) is 0 Å². The molecule has 1 heterocycles. The number of carboxylic acids is 1. The molecule has 1 aliphatic carbocycles. The standard InChI is InChI=1S/C20H26O3.C10H9NO2.C3H6O2.C2H3F/c1-14(16(3)10-11-18(5)20(21)22)8-9-15(2)17(4)12-13-19(6)23-7;12-9-6-7-10(13)11(9)8-4-2-1-3-5-8;1-2-5-3-4;1-2-3/h10-11H,1-6,8-9,12-13H2,7H3,(H,21,22);1-2,4,6-7H,3,5H2;3H,2H2,1H3;2H,1H2/b11-10-;;;. The van der Waals surface area contributed by atoms with Crippen molar-refractivity contribution in [1.29, 1.82) is 0 Å². The molecular formula is C35H44FNO7. The highest BCUT2D eigenvalue weighted by atomic mass is 19.1. The van der Waals surface area contributed by atoms with Crippen molar-refractivity contribution >= 4 is 24.3 Å². The lowest BCUT2D eigenvalue weighted by atomic mass is 9.95. The van der Waals surface area contributed by atoms with Crippen LogP contribution in [-0.4, -0.2) is 48.0 Å². The number of halogens is 1. The molecule has 0 fully saturated rings. The highest BCUT2D eigenvalue weighted by molar-refractivity contribution is 6.14. The zero-order valence-electron chi connectivity index (χ0n) is 25.8. The fraction of sp³-hybridized carbons (Fsp3) is 0.257. The summed E-state index contributed by atoms with van der Waals surface area (Å²) >= 11 is 0. The van der Waals surface area contributed by atoms with Gasteiger partial charge in [-0.25, -0.2) is 14.1 Å². The summed E-state index contributed by atoms with van der Waals surface area (Å²) in [5.74, 6) is -0.791. The van der Waals surface area contributed by atoms with Gasteiger partial charge in [0.25, 0.3) is 18.3 Å². The van der Waals surface area contributed by atoms with E-state index in [9.17, 15) is 23.6 Å². The first-order valence-electron chi connectivity index (χ1n) is 13.5. The highest BCUT2D eigenvalue weighted by Gasteiger charge is 2.26. The fourth-order valence-electron chi connectivity index (χ4n) is 3.13. The topological polar surface area (TPSA) is 110 Å². The van der Waals surface area contributed by atoms with Crippen molar-refractivity contribution in [2.24, 2.45) is 0 Å². The average Bonchev–Trinajstić information content (AvgIpc) is 3.35. The summed E-state index contributed by atoms with van der Waals surface area (Å²) in [6, 6.07) is 0. The lowest BCUT2D eigenvalue weighted by Gasteiger charge is -2.18. The van der Waals surface area contributed by atoms with Crippen molar-refractivity contribution in [3.05, 3.63) is 134 Å². The predicted octanol–water partition coefficient (Wildman–Crippen LogP) is 7.55. The number of rotatable bonds is 15. The molecule has 2 aliphatic rings. The van der Waals surface area contributed by atoms with Crippen molar-refractivity contribution in [3.8, 4) is 0 Å². The number of aliphatic carboxylic acids is 1. The van der Waals surface area contributed by atoms with E-state index >= 15 is 0 Å². The normalized spacial score (nSPS) is 12.6. The quantitative estimate of drug-likeness (QED) is 0.0671. The average molecular weight is 610 g/mol. The molecule has 238 valence electrons. The molecule has 44 heavy (non-hydrogen) atoms. The van der Waals surface area contributed by atoms with Crippen LogP contribution in [0.1, 0.15) is 45.4 Å². The number of ether oxygens (including phenoxy) is 2. The largest absolute Gasteiger partial charge is 0.502 e. The minimum Gasteiger partial charge on any atom is -0.502 e. The molecule has 1 N–H and O–H groups in total. The van der Waals surface area contributed by atoms with E-state index in [0.717, 1.165) is 60.3 Å². The van der Waals surface area contributed by atoms with E-state index < -0.39 is 5.97 Å². The smallest absolute Gasteiger partial charge is 0.335 e. The second-order valence-corrected chi connectivity index (χ2v) is 8.92. The maximum Gasteiger partial charge on any atom is 0.335 e. The Morgan fingerprint density at radius 3 is 1.86 bits per heavy atom. The molecule has 0 aromatic carbocycles. The molecule has 0 unspecified atom stereocenters. The van der Waals surface area contributed by atoms with E-state index in [1.807, 2.05) is 18.2 Å². The summed E-state index contributed by atoms with van der Waals surface area (Å²) in [4.78, 5) is 43.5. The van der Waals surface area contributed by atoms with E-state index in [1.165, 1.54) is 23.1 Å².